The van der Waals surface area contributed by atoms with Gasteiger partial charge in [0.15, 0.2) is 25.5 Å². The fourth-order valence-corrected chi connectivity index (χ4v) is 16.5. The van der Waals surface area contributed by atoms with Crippen LogP contribution in [0.25, 0.3) is 61.2 Å². The van der Waals surface area contributed by atoms with E-state index >= 15 is 0 Å². The van der Waals surface area contributed by atoms with Gasteiger partial charge in [-0.1, -0.05) is 84.9 Å². The molecule has 1 unspecified atom stereocenters. The molecule has 7 heteroatoms. The number of hydrogen-bond acceptors (Lipinski definition) is 1. The first-order valence-corrected chi connectivity index (χ1v) is 19.3. The number of fused-ring (bicyclic) bond motifs is 12. The van der Waals surface area contributed by atoms with E-state index in [0.29, 0.717) is 4.70 Å². The van der Waals surface area contributed by atoms with E-state index in [0.717, 1.165) is 17.2 Å². The first-order valence-electron chi connectivity index (χ1n) is 17.3. The number of benzene rings is 6. The van der Waals surface area contributed by atoms with Gasteiger partial charge in [0, 0.05) is 20.4 Å². The van der Waals surface area contributed by atoms with E-state index in [4.69, 9.17) is 4.74 Å². The van der Waals surface area contributed by atoms with Crippen LogP contribution in [0.5, 0.6) is 11.5 Å². The van der Waals surface area contributed by atoms with Crippen LogP contribution >= 0.6 is 0 Å². The maximum absolute atomic E-state index is 7.08. The van der Waals surface area contributed by atoms with Crippen LogP contribution in [0.15, 0.2) is 140 Å². The monoisotopic (exact) mass is 656 g/mol. The summed E-state index contributed by atoms with van der Waals surface area (Å²) >= 11 is 0. The fourth-order valence-electron chi connectivity index (χ4n) is 11.0. The maximum Gasteiger partial charge on any atom is 0.352 e. The first kappa shape index (κ1) is 24.8. The van der Waals surface area contributed by atoms with Crippen LogP contribution < -0.4 is 39.5 Å². The van der Waals surface area contributed by atoms with Crippen LogP contribution in [-0.4, -0.2) is 17.2 Å². The Morgan fingerprint density at radius 2 is 1.30 bits per heavy atom. The van der Waals surface area contributed by atoms with Crippen LogP contribution in [0.2, 0.25) is 0 Å². The summed E-state index contributed by atoms with van der Waals surface area (Å²) in [7, 11) is -0.601. The number of nitrogens with zero attached hydrogens (tertiary/aromatic N) is 5. The summed E-state index contributed by atoms with van der Waals surface area (Å²) in [6, 6.07) is 50.3. The molecule has 5 aliphatic rings. The third kappa shape index (κ3) is 2.19. The number of aromatic nitrogens is 4. The molecular weight excluding hydrogens is 631 g/mol. The molecular formula is C43H26N5OSi+3. The molecule has 6 aromatic carbocycles. The van der Waals surface area contributed by atoms with Crippen molar-refractivity contribution in [2.75, 3.05) is 0 Å². The number of quaternary nitrogens is 1. The molecule has 5 aliphatic heterocycles. The van der Waals surface area contributed by atoms with E-state index in [9.17, 15) is 0 Å². The van der Waals surface area contributed by atoms with Gasteiger partial charge in [-0.05, 0) is 74.7 Å². The van der Waals surface area contributed by atoms with Gasteiger partial charge in [0.05, 0.1) is 17.1 Å². The zero-order chi connectivity index (χ0) is 32.2. The van der Waals surface area contributed by atoms with Gasteiger partial charge in [0.25, 0.3) is 5.69 Å². The van der Waals surface area contributed by atoms with Gasteiger partial charge >= 0.3 is 17.2 Å². The SMILES string of the molecule is Cn1c2[n+](c3ccccc31)[N+]13c4c(cccc4-2)Oc2ccc4c(c21)-n1c2c(cccc2c2ccc[n+]3c21)[Si]41c2ccccc2-c2ccccc21. The molecule has 50 heavy (non-hydrogen) atoms. The van der Waals surface area contributed by atoms with Crippen molar-refractivity contribution in [3.05, 3.63) is 140 Å². The summed E-state index contributed by atoms with van der Waals surface area (Å²) in [6.45, 7) is 0. The predicted octanol–water partition coefficient (Wildman–Crippen LogP) is 5.49. The number of pyridine rings is 1. The normalized spacial score (nSPS) is 18.1. The number of ether oxygens (including phenoxy) is 1. The van der Waals surface area contributed by atoms with Gasteiger partial charge in [0.1, 0.15) is 11.1 Å². The van der Waals surface area contributed by atoms with Crippen LogP contribution in [0.3, 0.4) is 0 Å². The maximum atomic E-state index is 7.08. The summed E-state index contributed by atoms with van der Waals surface area (Å²) in [5.41, 5.74) is 12.5. The Hall–Kier alpha value is -6.28. The molecule has 8 heterocycles. The molecule has 1 atom stereocenters. The minimum absolute atomic E-state index is 0.372. The largest absolute Gasteiger partial charge is 0.444 e. The first-order chi connectivity index (χ1) is 24.8. The molecule has 9 aromatic rings. The molecule has 0 saturated carbocycles. The molecule has 2 spiro atoms. The quantitative estimate of drug-likeness (QED) is 0.121. The predicted molar refractivity (Wildman–Crippen MR) is 198 cm³/mol. The topological polar surface area (TPSA) is 26.8 Å². The lowest BCUT2D eigenvalue weighted by Crippen LogP contribution is -2.85. The standard InChI is InChI=1S/C43H26N5OSi/c1-44-30-16-4-5-17-31(30)47-42(44)29-14-8-18-32-40(29)48(47)41-33(49-32)22-23-37-39(41)46-38-27(28-15-10-24-45(48)43(28)46)13-9-21-36(38)50(37)34-19-6-2-11-25(34)26-12-3-7-20-35(26)50/h2-24H,1H3/q+3. The van der Waals surface area contributed by atoms with E-state index in [-0.39, 0.29) is 0 Å². The van der Waals surface area contributed by atoms with Gasteiger partial charge in [-0.3, -0.25) is 0 Å². The fraction of sp³-hybridized carbons (Fsp3) is 0.0233. The smallest absolute Gasteiger partial charge is 0.352 e. The molecule has 0 radical (unpaired) electrons. The summed E-state index contributed by atoms with van der Waals surface area (Å²) in [6.07, 6.45) is 2.29. The molecule has 0 saturated heterocycles. The summed E-state index contributed by atoms with van der Waals surface area (Å²) in [5.74, 6) is 2.98. The Balaban J connectivity index is 1.32. The molecule has 0 bridgehead atoms. The lowest BCUT2D eigenvalue weighted by atomic mass is 10.1. The van der Waals surface area contributed by atoms with E-state index in [1.54, 1.807) is 0 Å². The van der Waals surface area contributed by atoms with Gasteiger partial charge in [-0.25, -0.2) is 4.57 Å². The average Bonchev–Trinajstić information content (AvgIpc) is 3.86. The van der Waals surface area contributed by atoms with Crippen LogP contribution in [0.1, 0.15) is 0 Å². The highest BCUT2D eigenvalue weighted by molar-refractivity contribution is 7.23. The summed E-state index contributed by atoms with van der Waals surface area (Å²) in [4.78, 5) is 0. The van der Waals surface area contributed by atoms with E-state index in [1.807, 2.05) is 0 Å². The van der Waals surface area contributed by atoms with E-state index < -0.39 is 8.07 Å². The molecule has 0 amide bonds. The molecule has 3 aromatic heterocycles. The molecule has 0 fully saturated rings. The Morgan fingerprint density at radius 1 is 0.600 bits per heavy atom. The van der Waals surface area contributed by atoms with Crippen molar-refractivity contribution in [1.29, 1.82) is 0 Å². The van der Waals surface area contributed by atoms with Gasteiger partial charge in [-0.15, -0.1) is 0 Å². The Bertz CT molecular complexity index is 3130. The van der Waals surface area contributed by atoms with Gasteiger partial charge in [-0.2, -0.15) is 4.57 Å². The van der Waals surface area contributed by atoms with E-state index in [2.05, 4.69) is 165 Å². The van der Waals surface area contributed by atoms with Crippen LogP contribution in [0, 0.1) is 0 Å². The molecule has 6 nitrogen and oxygen atoms in total. The summed E-state index contributed by atoms with van der Waals surface area (Å²) in [5, 5.41) is 8.42. The average molecular weight is 657 g/mol. The Labute approximate surface area is 286 Å². The van der Waals surface area contributed by atoms with E-state index in [1.165, 1.54) is 87.6 Å². The number of hydrogen-bond donors (Lipinski definition) is 0. The van der Waals surface area contributed by atoms with Crippen molar-refractivity contribution < 1.29 is 14.1 Å². The third-order valence-electron chi connectivity index (χ3n) is 12.5. The zero-order valence-electron chi connectivity index (χ0n) is 26.9. The van der Waals surface area contributed by atoms with Crippen molar-refractivity contribution in [1.82, 2.24) is 13.8 Å². The number of rotatable bonds is 0. The van der Waals surface area contributed by atoms with Crippen LogP contribution in [0.4, 0.5) is 11.4 Å². The van der Waals surface area contributed by atoms with Crippen molar-refractivity contribution >= 4 is 73.2 Å². The lowest BCUT2D eigenvalue weighted by Gasteiger charge is -2.39. The molecule has 0 N–H and O–H groups in total. The zero-order valence-corrected chi connectivity index (χ0v) is 27.9. The highest BCUT2D eigenvalue weighted by Crippen LogP contribution is 2.60. The highest BCUT2D eigenvalue weighted by Gasteiger charge is 2.71. The Morgan fingerprint density at radius 3 is 2.16 bits per heavy atom. The molecule has 230 valence electrons. The van der Waals surface area contributed by atoms with Crippen molar-refractivity contribution in [2.45, 2.75) is 0 Å². The second-order valence-electron chi connectivity index (χ2n) is 14.3. The lowest BCUT2D eigenvalue weighted by molar-refractivity contribution is -1.01. The number of para-hydroxylation sites is 4. The van der Waals surface area contributed by atoms with Crippen LogP contribution in [-0.2, 0) is 7.05 Å². The molecule has 0 aliphatic carbocycles. The second kappa shape index (κ2) is 7.63. The second-order valence-corrected chi connectivity index (χ2v) is 18.0. The summed E-state index contributed by atoms with van der Waals surface area (Å²) < 4.78 is 17.5. The van der Waals surface area contributed by atoms with Gasteiger partial charge in [0.2, 0.25) is 17.0 Å². The molecule has 14 rings (SSSR count). The number of imidazole rings is 1. The van der Waals surface area contributed by atoms with Crippen molar-refractivity contribution in [2.24, 2.45) is 7.05 Å². The minimum Gasteiger partial charge on any atom is -0.444 e. The minimum atomic E-state index is -2.81. The third-order valence-corrected chi connectivity index (χ3v) is 17.4. The Kier molecular flexibility index (Phi) is 3.78. The van der Waals surface area contributed by atoms with Crippen molar-refractivity contribution in [3.63, 3.8) is 0 Å². The van der Waals surface area contributed by atoms with Gasteiger partial charge < -0.3 is 4.74 Å². The number of aryl methyl sites for hydroxylation is 1. The highest BCUT2D eigenvalue weighted by atomic mass is 28.3. The van der Waals surface area contributed by atoms with Crippen molar-refractivity contribution in [3.8, 4) is 39.7 Å².